The molecule has 7 nitrogen and oxygen atoms in total. The van der Waals surface area contributed by atoms with Crippen LogP contribution in [0.25, 0.3) is 0 Å². The van der Waals surface area contributed by atoms with Crippen molar-refractivity contribution in [2.45, 2.75) is 13.0 Å². The van der Waals surface area contributed by atoms with Gasteiger partial charge in [-0.25, -0.2) is 8.42 Å². The van der Waals surface area contributed by atoms with Gasteiger partial charge in [-0.3, -0.25) is 13.9 Å². The summed E-state index contributed by atoms with van der Waals surface area (Å²) >= 11 is 6.14. The maximum atomic E-state index is 12.9. The lowest BCUT2D eigenvalue weighted by Crippen LogP contribution is -2.38. The SMILES string of the molecule is C[C@H](NC(=O)c1ccccc1NC(=O)CN(c1ccccc1Cl)S(C)(=O)=O)c1ccccc1. The van der Waals surface area contributed by atoms with Gasteiger partial charge >= 0.3 is 0 Å². The molecule has 2 N–H and O–H groups in total. The molecule has 1 atom stereocenters. The second-order valence-corrected chi connectivity index (χ2v) is 9.73. The number of amides is 2. The van der Waals surface area contributed by atoms with E-state index in [1.165, 1.54) is 6.07 Å². The fourth-order valence-corrected chi connectivity index (χ4v) is 4.40. The van der Waals surface area contributed by atoms with E-state index in [1.54, 1.807) is 42.5 Å². The summed E-state index contributed by atoms with van der Waals surface area (Å²) in [5.41, 5.74) is 1.67. The van der Waals surface area contributed by atoms with Crippen molar-refractivity contribution in [3.05, 3.63) is 95.0 Å². The number of anilines is 2. The Kier molecular flexibility index (Phi) is 7.73. The molecule has 0 fully saturated rings. The van der Waals surface area contributed by atoms with Crippen molar-refractivity contribution in [1.29, 1.82) is 0 Å². The standard InChI is InChI=1S/C24H24ClN3O4S/c1-17(18-10-4-3-5-11-18)26-24(30)19-12-6-8-14-21(19)27-23(29)16-28(33(2,31)32)22-15-9-7-13-20(22)25/h3-15,17H,16H2,1-2H3,(H,26,30)(H,27,29)/t17-/m0/s1. The predicted molar refractivity (Wildman–Crippen MR) is 131 cm³/mol. The van der Waals surface area contributed by atoms with Crippen LogP contribution >= 0.6 is 11.6 Å². The maximum Gasteiger partial charge on any atom is 0.253 e. The third kappa shape index (κ3) is 6.34. The quantitative estimate of drug-likeness (QED) is 0.499. The van der Waals surface area contributed by atoms with Crippen LogP contribution in [0.5, 0.6) is 0 Å². The van der Waals surface area contributed by atoms with Crippen molar-refractivity contribution in [3.8, 4) is 0 Å². The first-order chi connectivity index (χ1) is 15.7. The van der Waals surface area contributed by atoms with Crippen LogP contribution in [0.3, 0.4) is 0 Å². The average molecular weight is 486 g/mol. The molecule has 0 aromatic heterocycles. The molecule has 3 rings (SSSR count). The number of hydrogen-bond acceptors (Lipinski definition) is 4. The normalized spacial score (nSPS) is 12.0. The predicted octanol–water partition coefficient (Wildman–Crippen LogP) is 4.24. The molecule has 0 heterocycles. The summed E-state index contributed by atoms with van der Waals surface area (Å²) in [6, 6.07) is 22.1. The summed E-state index contributed by atoms with van der Waals surface area (Å²) in [6.07, 6.45) is 0.996. The van der Waals surface area contributed by atoms with Crippen LogP contribution in [0.15, 0.2) is 78.9 Å². The molecule has 0 saturated carbocycles. The van der Waals surface area contributed by atoms with Crippen LogP contribution in [0, 0.1) is 0 Å². The first-order valence-corrected chi connectivity index (χ1v) is 12.4. The van der Waals surface area contributed by atoms with Gasteiger partial charge in [0.1, 0.15) is 6.54 Å². The summed E-state index contributed by atoms with van der Waals surface area (Å²) < 4.78 is 25.6. The number of para-hydroxylation sites is 2. The third-order valence-corrected chi connectivity index (χ3v) is 6.35. The number of benzene rings is 3. The molecule has 0 bridgehead atoms. The summed E-state index contributed by atoms with van der Waals surface area (Å²) in [6.45, 7) is 1.36. The maximum absolute atomic E-state index is 12.9. The van der Waals surface area contributed by atoms with E-state index in [9.17, 15) is 18.0 Å². The average Bonchev–Trinajstić information content (AvgIpc) is 2.78. The number of carbonyl (C=O) groups is 2. The van der Waals surface area contributed by atoms with E-state index in [2.05, 4.69) is 10.6 Å². The van der Waals surface area contributed by atoms with Crippen LogP contribution in [-0.2, 0) is 14.8 Å². The number of nitrogens with zero attached hydrogens (tertiary/aromatic N) is 1. The molecule has 9 heteroatoms. The molecular weight excluding hydrogens is 462 g/mol. The number of nitrogens with one attached hydrogen (secondary N) is 2. The molecule has 3 aromatic carbocycles. The number of hydrogen-bond donors (Lipinski definition) is 2. The highest BCUT2D eigenvalue weighted by atomic mass is 35.5. The van der Waals surface area contributed by atoms with Gasteiger partial charge in [0.15, 0.2) is 0 Å². The summed E-state index contributed by atoms with van der Waals surface area (Å²) in [5.74, 6) is -0.981. The van der Waals surface area contributed by atoms with Gasteiger partial charge in [-0.2, -0.15) is 0 Å². The Hall–Kier alpha value is -3.36. The minimum absolute atomic E-state index is 0.194. The van der Waals surface area contributed by atoms with Gasteiger partial charge < -0.3 is 10.6 Å². The Morgan fingerprint density at radius 1 is 0.939 bits per heavy atom. The second kappa shape index (κ2) is 10.5. The molecule has 33 heavy (non-hydrogen) atoms. The Labute approximate surface area is 198 Å². The molecule has 2 amide bonds. The summed E-state index contributed by atoms with van der Waals surface area (Å²) in [4.78, 5) is 25.7. The van der Waals surface area contributed by atoms with Gasteiger partial charge in [-0.15, -0.1) is 0 Å². The smallest absolute Gasteiger partial charge is 0.253 e. The van der Waals surface area contributed by atoms with Crippen LogP contribution in [-0.4, -0.2) is 33.0 Å². The van der Waals surface area contributed by atoms with E-state index < -0.39 is 22.5 Å². The molecule has 0 aliphatic rings. The number of rotatable bonds is 8. The third-order valence-electron chi connectivity index (χ3n) is 4.90. The van der Waals surface area contributed by atoms with E-state index >= 15 is 0 Å². The second-order valence-electron chi connectivity index (χ2n) is 7.42. The van der Waals surface area contributed by atoms with Crippen LogP contribution in [0.2, 0.25) is 5.02 Å². The van der Waals surface area contributed by atoms with Crippen molar-refractivity contribution in [2.75, 3.05) is 22.4 Å². The number of halogens is 1. The molecule has 172 valence electrons. The van der Waals surface area contributed by atoms with Gasteiger partial charge in [-0.05, 0) is 36.8 Å². The number of sulfonamides is 1. The van der Waals surface area contributed by atoms with Crippen LogP contribution in [0.1, 0.15) is 28.9 Å². The van der Waals surface area contributed by atoms with E-state index in [0.29, 0.717) is 0 Å². The Balaban J connectivity index is 1.77. The first-order valence-electron chi connectivity index (χ1n) is 10.1. The molecule has 3 aromatic rings. The van der Waals surface area contributed by atoms with Crippen molar-refractivity contribution < 1.29 is 18.0 Å². The van der Waals surface area contributed by atoms with Gasteiger partial charge in [0, 0.05) is 0 Å². The Bertz CT molecular complexity index is 1250. The van der Waals surface area contributed by atoms with Crippen LogP contribution < -0.4 is 14.9 Å². The van der Waals surface area contributed by atoms with Gasteiger partial charge in [0.05, 0.1) is 34.3 Å². The van der Waals surface area contributed by atoms with E-state index in [-0.39, 0.29) is 33.9 Å². The van der Waals surface area contributed by atoms with Gasteiger partial charge in [-0.1, -0.05) is 66.2 Å². The zero-order valence-corrected chi connectivity index (χ0v) is 19.7. The van der Waals surface area contributed by atoms with Gasteiger partial charge in [0.2, 0.25) is 15.9 Å². The monoisotopic (exact) mass is 485 g/mol. The van der Waals surface area contributed by atoms with Crippen molar-refractivity contribution in [3.63, 3.8) is 0 Å². The van der Waals surface area contributed by atoms with Crippen molar-refractivity contribution in [2.24, 2.45) is 0 Å². The Morgan fingerprint density at radius 2 is 1.55 bits per heavy atom. The lowest BCUT2D eigenvalue weighted by atomic mass is 10.1. The summed E-state index contributed by atoms with van der Waals surface area (Å²) in [7, 11) is -3.79. The largest absolute Gasteiger partial charge is 0.345 e. The molecule has 0 saturated heterocycles. The van der Waals surface area contributed by atoms with E-state index in [0.717, 1.165) is 16.1 Å². The van der Waals surface area contributed by atoms with E-state index in [4.69, 9.17) is 11.6 Å². The molecule has 0 unspecified atom stereocenters. The molecule has 0 aliphatic carbocycles. The minimum atomic E-state index is -3.79. The molecule has 0 aliphatic heterocycles. The molecule has 0 radical (unpaired) electrons. The minimum Gasteiger partial charge on any atom is -0.345 e. The lowest BCUT2D eigenvalue weighted by molar-refractivity contribution is -0.114. The van der Waals surface area contributed by atoms with E-state index in [1.807, 2.05) is 37.3 Å². The number of carbonyl (C=O) groups excluding carboxylic acids is 2. The summed E-state index contributed by atoms with van der Waals surface area (Å²) in [5, 5.41) is 5.76. The zero-order valence-electron chi connectivity index (χ0n) is 18.2. The van der Waals surface area contributed by atoms with Crippen molar-refractivity contribution >= 4 is 44.8 Å². The highest BCUT2D eigenvalue weighted by molar-refractivity contribution is 7.92. The Morgan fingerprint density at radius 3 is 2.21 bits per heavy atom. The zero-order chi connectivity index (χ0) is 24.0. The molecule has 0 spiro atoms. The first kappa shape index (κ1) is 24.3. The fraction of sp³-hybridized carbons (Fsp3) is 0.167. The highest BCUT2D eigenvalue weighted by Gasteiger charge is 2.24. The van der Waals surface area contributed by atoms with Crippen molar-refractivity contribution in [1.82, 2.24) is 5.32 Å². The fourth-order valence-electron chi connectivity index (χ4n) is 3.24. The van der Waals surface area contributed by atoms with Crippen LogP contribution in [0.4, 0.5) is 11.4 Å². The highest BCUT2D eigenvalue weighted by Crippen LogP contribution is 2.27. The topological polar surface area (TPSA) is 95.6 Å². The lowest BCUT2D eigenvalue weighted by Gasteiger charge is -2.23. The van der Waals surface area contributed by atoms with Gasteiger partial charge in [0.25, 0.3) is 5.91 Å². The molecular formula is C24H24ClN3O4S.